The highest BCUT2D eigenvalue weighted by molar-refractivity contribution is 7.09. The molecule has 0 aliphatic carbocycles. The predicted molar refractivity (Wildman–Crippen MR) is 76.5 cm³/mol. The first-order chi connectivity index (χ1) is 8.83. The maximum atomic E-state index is 5.56. The Bertz CT molecular complexity index is 484. The summed E-state index contributed by atoms with van der Waals surface area (Å²) in [6.07, 6.45) is 0.910. The molecule has 0 spiro atoms. The third-order valence-corrected chi connectivity index (χ3v) is 3.65. The van der Waals surface area contributed by atoms with Crippen LogP contribution in [0.15, 0.2) is 29.6 Å². The summed E-state index contributed by atoms with van der Waals surface area (Å²) in [6, 6.07) is 8.42. The molecule has 2 aromatic rings. The quantitative estimate of drug-likeness (QED) is 0.502. The van der Waals surface area contributed by atoms with E-state index in [9.17, 15) is 0 Å². The minimum atomic E-state index is 0.483. The van der Waals surface area contributed by atoms with E-state index in [0.717, 1.165) is 35.0 Å². The van der Waals surface area contributed by atoms with E-state index < -0.39 is 0 Å². The summed E-state index contributed by atoms with van der Waals surface area (Å²) in [4.78, 5) is 4.60. The highest BCUT2D eigenvalue weighted by Gasteiger charge is 2.04. The summed E-state index contributed by atoms with van der Waals surface area (Å²) < 4.78 is 5.14. The van der Waals surface area contributed by atoms with Crippen LogP contribution >= 0.6 is 22.9 Å². The molecule has 96 valence electrons. The van der Waals surface area contributed by atoms with Crippen molar-refractivity contribution in [2.24, 2.45) is 0 Å². The van der Waals surface area contributed by atoms with Gasteiger partial charge in [0.25, 0.3) is 0 Å². The van der Waals surface area contributed by atoms with E-state index in [4.69, 9.17) is 16.3 Å². The predicted octanol–water partition coefficient (Wildman–Crippen LogP) is 3.15. The topological polar surface area (TPSA) is 34.1 Å². The lowest BCUT2D eigenvalue weighted by molar-refractivity contribution is 0.415. The van der Waals surface area contributed by atoms with Crippen LogP contribution in [0.3, 0.4) is 0 Å². The van der Waals surface area contributed by atoms with Crippen LogP contribution in [0.25, 0.3) is 11.3 Å². The van der Waals surface area contributed by atoms with Crippen LogP contribution in [0.5, 0.6) is 5.75 Å². The second-order valence-electron chi connectivity index (χ2n) is 3.74. The minimum Gasteiger partial charge on any atom is -0.497 e. The van der Waals surface area contributed by atoms with Gasteiger partial charge in [-0.2, -0.15) is 0 Å². The van der Waals surface area contributed by atoms with E-state index in [-0.39, 0.29) is 0 Å². The molecule has 0 unspecified atom stereocenters. The first-order valence-corrected chi connectivity index (χ1v) is 7.10. The van der Waals surface area contributed by atoms with E-state index in [1.165, 1.54) is 0 Å². The van der Waals surface area contributed by atoms with Gasteiger partial charge in [0, 0.05) is 23.9 Å². The molecule has 1 heterocycles. The fourth-order valence-electron chi connectivity index (χ4n) is 1.58. The average molecular weight is 283 g/mol. The number of halogens is 1. The van der Waals surface area contributed by atoms with Gasteiger partial charge in [0.2, 0.25) is 0 Å². The zero-order chi connectivity index (χ0) is 12.8. The molecule has 0 fully saturated rings. The van der Waals surface area contributed by atoms with Gasteiger partial charge in [-0.15, -0.1) is 22.9 Å². The molecule has 0 radical (unpaired) electrons. The number of nitrogens with one attached hydrogen (secondary N) is 1. The van der Waals surface area contributed by atoms with Crippen molar-refractivity contribution in [2.45, 2.75) is 6.42 Å². The van der Waals surface area contributed by atoms with Crippen LogP contribution in [0.4, 0.5) is 0 Å². The zero-order valence-electron chi connectivity index (χ0n) is 10.1. The van der Waals surface area contributed by atoms with E-state index in [1.807, 2.05) is 24.3 Å². The number of hydrogen-bond donors (Lipinski definition) is 1. The van der Waals surface area contributed by atoms with Gasteiger partial charge in [-0.25, -0.2) is 4.98 Å². The van der Waals surface area contributed by atoms with Crippen LogP contribution in [0.2, 0.25) is 0 Å². The molecule has 3 nitrogen and oxygen atoms in total. The third-order valence-electron chi connectivity index (χ3n) is 2.55. The van der Waals surface area contributed by atoms with Gasteiger partial charge in [0.05, 0.1) is 23.8 Å². The molecule has 1 N–H and O–H groups in total. The van der Waals surface area contributed by atoms with Gasteiger partial charge in [-0.05, 0) is 24.3 Å². The molecule has 1 aromatic heterocycles. The highest BCUT2D eigenvalue weighted by Crippen LogP contribution is 2.24. The van der Waals surface area contributed by atoms with E-state index >= 15 is 0 Å². The Kier molecular flexibility index (Phi) is 4.99. The Morgan fingerprint density at radius 3 is 2.78 bits per heavy atom. The van der Waals surface area contributed by atoms with Crippen LogP contribution in [-0.2, 0) is 6.42 Å². The van der Waals surface area contributed by atoms with Crippen molar-refractivity contribution < 1.29 is 4.74 Å². The lowest BCUT2D eigenvalue weighted by Crippen LogP contribution is -2.14. The van der Waals surface area contributed by atoms with Gasteiger partial charge >= 0.3 is 0 Å². The van der Waals surface area contributed by atoms with Crippen molar-refractivity contribution in [2.75, 3.05) is 19.7 Å². The molecule has 0 aliphatic rings. The number of rotatable bonds is 6. The smallest absolute Gasteiger partial charge is 0.118 e. The normalized spacial score (nSPS) is 10.6. The largest absolute Gasteiger partial charge is 0.497 e. The third kappa shape index (κ3) is 3.45. The Balaban J connectivity index is 2.04. The number of methoxy groups -OCH3 is 1. The summed E-state index contributed by atoms with van der Waals surface area (Å²) >= 11 is 7.24. The number of benzene rings is 1. The van der Waals surface area contributed by atoms with Crippen LogP contribution in [0.1, 0.15) is 5.01 Å². The molecule has 1 aromatic carbocycles. The first kappa shape index (κ1) is 13.3. The molecule has 5 heteroatoms. The monoisotopic (exact) mass is 282 g/mol. The summed E-state index contributed by atoms with van der Waals surface area (Å²) in [5.74, 6) is 0.862. The number of thiazole rings is 1. The summed E-state index contributed by atoms with van der Waals surface area (Å²) in [7, 11) is 1.67. The van der Waals surface area contributed by atoms with Gasteiger partial charge in [-0.1, -0.05) is 0 Å². The molecule has 0 atom stereocenters. The molecule has 0 aliphatic heterocycles. The number of nitrogens with zero attached hydrogens (tertiary/aromatic N) is 1. The molecule has 0 amide bonds. The Labute approximate surface area is 116 Å². The van der Waals surface area contributed by atoms with E-state index in [1.54, 1.807) is 18.4 Å². The fraction of sp³-hybridized carbons (Fsp3) is 0.308. The maximum absolute atomic E-state index is 5.56. The van der Waals surface area contributed by atoms with Gasteiger partial charge in [0.15, 0.2) is 0 Å². The van der Waals surface area contributed by atoms with Crippen LogP contribution in [-0.4, -0.2) is 24.6 Å². The lowest BCUT2D eigenvalue weighted by Gasteiger charge is -2.00. The summed E-state index contributed by atoms with van der Waals surface area (Å²) in [6.45, 7) is 0.860. The van der Waals surface area contributed by atoms with Crippen molar-refractivity contribution in [1.82, 2.24) is 10.3 Å². The first-order valence-electron chi connectivity index (χ1n) is 5.69. The Morgan fingerprint density at radius 1 is 1.33 bits per heavy atom. The summed E-state index contributed by atoms with van der Waals surface area (Å²) in [5, 5.41) is 6.28. The average Bonchev–Trinajstić information content (AvgIpc) is 2.88. The molecular weight excluding hydrogens is 268 g/mol. The van der Waals surface area contributed by atoms with Crippen LogP contribution < -0.4 is 10.1 Å². The summed E-state index contributed by atoms with van der Waals surface area (Å²) in [5.41, 5.74) is 2.13. The van der Waals surface area contributed by atoms with E-state index in [0.29, 0.717) is 6.00 Å². The molecule has 0 bridgehead atoms. The minimum absolute atomic E-state index is 0.483. The SMILES string of the molecule is COc1ccc(-c2csc(CCNCCl)n2)cc1. The second kappa shape index (κ2) is 6.73. The van der Waals surface area contributed by atoms with Gasteiger partial charge < -0.3 is 10.1 Å². The Hall–Kier alpha value is -1.10. The van der Waals surface area contributed by atoms with E-state index in [2.05, 4.69) is 15.7 Å². The van der Waals surface area contributed by atoms with Crippen molar-refractivity contribution in [3.8, 4) is 17.0 Å². The van der Waals surface area contributed by atoms with Gasteiger partial charge in [0.1, 0.15) is 5.75 Å². The number of ether oxygens (including phenoxy) is 1. The highest BCUT2D eigenvalue weighted by atomic mass is 35.5. The molecule has 0 saturated carbocycles. The molecule has 0 saturated heterocycles. The van der Waals surface area contributed by atoms with Crippen molar-refractivity contribution >= 4 is 22.9 Å². The van der Waals surface area contributed by atoms with Crippen molar-refractivity contribution in [1.29, 1.82) is 0 Å². The second-order valence-corrected chi connectivity index (χ2v) is 4.95. The number of hydrogen-bond acceptors (Lipinski definition) is 4. The lowest BCUT2D eigenvalue weighted by atomic mass is 10.2. The molecule has 2 rings (SSSR count). The van der Waals surface area contributed by atoms with Crippen molar-refractivity contribution in [3.05, 3.63) is 34.7 Å². The Morgan fingerprint density at radius 2 is 2.11 bits per heavy atom. The number of alkyl halides is 1. The maximum Gasteiger partial charge on any atom is 0.118 e. The fourth-order valence-corrected chi connectivity index (χ4v) is 2.52. The van der Waals surface area contributed by atoms with Gasteiger partial charge in [-0.3, -0.25) is 0 Å². The molecular formula is C13H15ClN2OS. The molecule has 18 heavy (non-hydrogen) atoms. The zero-order valence-corrected chi connectivity index (χ0v) is 11.7. The van der Waals surface area contributed by atoms with Crippen molar-refractivity contribution in [3.63, 3.8) is 0 Å². The van der Waals surface area contributed by atoms with Crippen LogP contribution in [0, 0.1) is 0 Å². The standard InChI is InChI=1S/C13H15ClN2OS/c1-17-11-4-2-10(3-5-11)12-8-18-13(16-12)6-7-15-9-14/h2-5,8,15H,6-7,9H2,1H3. The number of aromatic nitrogens is 1.